The zero-order valence-electron chi connectivity index (χ0n) is 18.2. The van der Waals surface area contributed by atoms with Crippen molar-refractivity contribution in [2.75, 3.05) is 14.1 Å². The van der Waals surface area contributed by atoms with Gasteiger partial charge in [-0.25, -0.2) is 22.5 Å². The van der Waals surface area contributed by atoms with Gasteiger partial charge in [-0.05, 0) is 61.9 Å². The standard InChI is InChI=1S/C22H27N3O4S2/c1-5-25-18-8-7-16(31(27,28)24(3)4)12-17(18)23-21(25)13-29-22(26)20-11-15-10-14(2)6-9-19(15)30-20/h7-8,11-12,14H,5-6,9-10,13H2,1-4H3. The molecule has 2 heterocycles. The van der Waals surface area contributed by atoms with Gasteiger partial charge in [0.1, 0.15) is 17.3 Å². The summed E-state index contributed by atoms with van der Waals surface area (Å²) in [6.45, 7) is 4.89. The molecular weight excluding hydrogens is 434 g/mol. The molecule has 1 aliphatic carbocycles. The van der Waals surface area contributed by atoms with Gasteiger partial charge in [0.05, 0.1) is 15.9 Å². The normalized spacial score (nSPS) is 16.6. The summed E-state index contributed by atoms with van der Waals surface area (Å²) < 4.78 is 33.6. The van der Waals surface area contributed by atoms with Crippen LogP contribution in [0.5, 0.6) is 0 Å². The molecule has 2 aromatic heterocycles. The summed E-state index contributed by atoms with van der Waals surface area (Å²) in [5.74, 6) is 0.912. The van der Waals surface area contributed by atoms with Crippen molar-refractivity contribution in [3.8, 4) is 0 Å². The average molecular weight is 462 g/mol. The van der Waals surface area contributed by atoms with Gasteiger partial charge in [-0.1, -0.05) is 6.92 Å². The van der Waals surface area contributed by atoms with Gasteiger partial charge in [-0.3, -0.25) is 0 Å². The van der Waals surface area contributed by atoms with Crippen molar-refractivity contribution in [2.24, 2.45) is 5.92 Å². The van der Waals surface area contributed by atoms with E-state index in [-0.39, 0.29) is 17.5 Å². The average Bonchev–Trinajstić information content (AvgIpc) is 3.31. The Balaban J connectivity index is 1.56. The highest BCUT2D eigenvalue weighted by Crippen LogP contribution is 2.32. The predicted octanol–water partition coefficient (Wildman–Crippen LogP) is 3.85. The van der Waals surface area contributed by atoms with Gasteiger partial charge in [0.2, 0.25) is 10.0 Å². The molecule has 31 heavy (non-hydrogen) atoms. The minimum absolute atomic E-state index is 0.0378. The molecule has 7 nitrogen and oxygen atoms in total. The van der Waals surface area contributed by atoms with E-state index in [1.54, 1.807) is 18.2 Å². The molecule has 0 amide bonds. The van der Waals surface area contributed by atoms with Crippen LogP contribution < -0.4 is 0 Å². The number of carbonyl (C=O) groups excluding carboxylic acids is 1. The maximum Gasteiger partial charge on any atom is 0.348 e. The lowest BCUT2D eigenvalue weighted by Gasteiger charge is -2.16. The van der Waals surface area contributed by atoms with Crippen molar-refractivity contribution in [1.29, 1.82) is 0 Å². The van der Waals surface area contributed by atoms with Crippen LogP contribution in [-0.4, -0.2) is 42.3 Å². The van der Waals surface area contributed by atoms with Crippen LogP contribution in [0, 0.1) is 5.92 Å². The second-order valence-electron chi connectivity index (χ2n) is 8.19. The van der Waals surface area contributed by atoms with Crippen LogP contribution in [0.4, 0.5) is 0 Å². The first-order chi connectivity index (χ1) is 14.7. The van der Waals surface area contributed by atoms with Crippen molar-refractivity contribution in [1.82, 2.24) is 13.9 Å². The third kappa shape index (κ3) is 4.14. The van der Waals surface area contributed by atoms with Crippen LogP contribution in [0.25, 0.3) is 11.0 Å². The maximum absolute atomic E-state index is 12.7. The molecule has 9 heteroatoms. The topological polar surface area (TPSA) is 81.5 Å². The number of benzene rings is 1. The van der Waals surface area contributed by atoms with E-state index in [1.807, 2.05) is 17.6 Å². The van der Waals surface area contributed by atoms with Crippen molar-refractivity contribution in [3.05, 3.63) is 45.4 Å². The fourth-order valence-corrected chi connectivity index (χ4v) is 6.03. The Kier molecular flexibility index (Phi) is 5.93. The lowest BCUT2D eigenvalue weighted by Crippen LogP contribution is -2.22. The van der Waals surface area contributed by atoms with Gasteiger partial charge >= 0.3 is 5.97 Å². The summed E-state index contributed by atoms with van der Waals surface area (Å²) >= 11 is 1.53. The highest BCUT2D eigenvalue weighted by molar-refractivity contribution is 7.89. The Bertz CT molecular complexity index is 1240. The highest BCUT2D eigenvalue weighted by atomic mass is 32.2. The Labute approximate surface area is 186 Å². The van der Waals surface area contributed by atoms with E-state index in [4.69, 9.17) is 4.74 Å². The number of carbonyl (C=O) groups is 1. The summed E-state index contributed by atoms with van der Waals surface area (Å²) in [5.41, 5.74) is 2.65. The minimum atomic E-state index is -3.55. The number of thiophene rings is 1. The van der Waals surface area contributed by atoms with Crippen LogP contribution in [0.2, 0.25) is 0 Å². The highest BCUT2D eigenvalue weighted by Gasteiger charge is 2.23. The Morgan fingerprint density at radius 1 is 1.32 bits per heavy atom. The summed E-state index contributed by atoms with van der Waals surface area (Å²) in [6, 6.07) is 6.87. The number of esters is 1. The number of hydrogen-bond acceptors (Lipinski definition) is 6. The van der Waals surface area contributed by atoms with Gasteiger partial charge in [0.15, 0.2) is 0 Å². The zero-order valence-corrected chi connectivity index (χ0v) is 19.8. The molecule has 1 aromatic carbocycles. The molecular formula is C22H27N3O4S2. The van der Waals surface area contributed by atoms with Crippen molar-refractivity contribution in [2.45, 2.75) is 51.2 Å². The molecule has 0 N–H and O–H groups in total. The summed E-state index contributed by atoms with van der Waals surface area (Å²) in [6.07, 6.45) is 3.20. The number of aromatic nitrogens is 2. The summed E-state index contributed by atoms with van der Waals surface area (Å²) in [5, 5.41) is 0. The molecule has 1 aliphatic rings. The molecule has 1 atom stereocenters. The maximum atomic E-state index is 12.7. The fraction of sp³-hybridized carbons (Fsp3) is 0.455. The fourth-order valence-electron chi connectivity index (χ4n) is 4.00. The third-order valence-electron chi connectivity index (χ3n) is 5.76. The number of ether oxygens (including phenoxy) is 1. The molecule has 3 aromatic rings. The van der Waals surface area contributed by atoms with E-state index in [0.717, 1.165) is 24.8 Å². The van der Waals surface area contributed by atoms with Gasteiger partial charge < -0.3 is 9.30 Å². The molecule has 4 rings (SSSR count). The lowest BCUT2D eigenvalue weighted by molar-refractivity contribution is 0.0464. The van der Waals surface area contributed by atoms with Gasteiger partial charge in [-0.15, -0.1) is 11.3 Å². The van der Waals surface area contributed by atoms with Crippen molar-refractivity contribution >= 4 is 38.4 Å². The number of fused-ring (bicyclic) bond motifs is 2. The number of rotatable bonds is 6. The second kappa shape index (κ2) is 8.37. The monoisotopic (exact) mass is 461 g/mol. The minimum Gasteiger partial charge on any atom is -0.453 e. The van der Waals surface area contributed by atoms with E-state index in [1.165, 1.54) is 40.2 Å². The third-order valence-corrected chi connectivity index (χ3v) is 8.78. The smallest absolute Gasteiger partial charge is 0.348 e. The summed E-state index contributed by atoms with van der Waals surface area (Å²) in [4.78, 5) is 19.3. The molecule has 0 saturated carbocycles. The van der Waals surface area contributed by atoms with Crippen molar-refractivity contribution < 1.29 is 17.9 Å². The Morgan fingerprint density at radius 2 is 2.10 bits per heavy atom. The van der Waals surface area contributed by atoms with Crippen LogP contribution in [0.3, 0.4) is 0 Å². The SMILES string of the molecule is CCn1c(COC(=O)c2cc3c(s2)CCC(C)C3)nc2cc(S(=O)(=O)N(C)C)ccc21. The Hall–Kier alpha value is -2.23. The molecule has 0 saturated heterocycles. The van der Waals surface area contributed by atoms with E-state index in [0.29, 0.717) is 28.7 Å². The van der Waals surface area contributed by atoms with E-state index in [2.05, 4.69) is 11.9 Å². The first-order valence-corrected chi connectivity index (χ1v) is 12.7. The van der Waals surface area contributed by atoms with Crippen LogP contribution >= 0.6 is 11.3 Å². The quantitative estimate of drug-likeness (QED) is 0.521. The number of sulfonamides is 1. The summed E-state index contributed by atoms with van der Waals surface area (Å²) in [7, 11) is -0.550. The van der Waals surface area contributed by atoms with Crippen LogP contribution in [-0.2, 0) is 40.8 Å². The van der Waals surface area contributed by atoms with Crippen LogP contribution in [0.1, 0.15) is 46.2 Å². The molecule has 0 bridgehead atoms. The Morgan fingerprint density at radius 3 is 2.81 bits per heavy atom. The molecule has 0 spiro atoms. The predicted molar refractivity (Wildman–Crippen MR) is 121 cm³/mol. The molecule has 166 valence electrons. The molecule has 0 aliphatic heterocycles. The first kappa shape index (κ1) is 22.0. The van der Waals surface area contributed by atoms with E-state index in [9.17, 15) is 13.2 Å². The van der Waals surface area contributed by atoms with Gasteiger partial charge in [0, 0.05) is 25.5 Å². The van der Waals surface area contributed by atoms with Gasteiger partial charge in [-0.2, -0.15) is 0 Å². The molecule has 0 fully saturated rings. The van der Waals surface area contributed by atoms with Crippen LogP contribution in [0.15, 0.2) is 29.2 Å². The van der Waals surface area contributed by atoms with E-state index < -0.39 is 10.0 Å². The van der Waals surface area contributed by atoms with Gasteiger partial charge in [0.25, 0.3) is 0 Å². The number of hydrogen-bond donors (Lipinski definition) is 0. The van der Waals surface area contributed by atoms with Crippen molar-refractivity contribution in [3.63, 3.8) is 0 Å². The largest absolute Gasteiger partial charge is 0.453 e. The number of aryl methyl sites for hydroxylation is 2. The first-order valence-electron chi connectivity index (χ1n) is 10.4. The molecule has 1 unspecified atom stereocenters. The lowest BCUT2D eigenvalue weighted by atomic mass is 9.90. The number of nitrogens with zero attached hydrogens (tertiary/aromatic N) is 3. The number of imidazole rings is 1. The molecule has 0 radical (unpaired) electrons. The second-order valence-corrected chi connectivity index (χ2v) is 11.5. The zero-order chi connectivity index (χ0) is 22.3. The van der Waals surface area contributed by atoms with E-state index >= 15 is 0 Å².